The van der Waals surface area contributed by atoms with Gasteiger partial charge in [0, 0.05) is 66.6 Å². The summed E-state index contributed by atoms with van der Waals surface area (Å²) < 4.78 is 12.1. The van der Waals surface area contributed by atoms with Crippen molar-refractivity contribution in [3.8, 4) is 22.8 Å². The monoisotopic (exact) mass is 914 g/mol. The van der Waals surface area contributed by atoms with Crippen molar-refractivity contribution in [1.82, 2.24) is 39.7 Å². The average molecular weight is 915 g/mol. The molecular weight excluding hydrogens is 864 g/mol. The number of nitrogens with zero attached hydrogens (tertiary/aromatic N) is 8. The third-order valence-corrected chi connectivity index (χ3v) is 13.6. The van der Waals surface area contributed by atoms with Crippen molar-refractivity contribution in [3.63, 3.8) is 0 Å². The number of carbonyl (C=O) groups is 2. The van der Waals surface area contributed by atoms with E-state index in [-0.39, 0.29) is 35.7 Å². The normalized spacial score (nSPS) is 18.6. The minimum absolute atomic E-state index is 0.0182. The first-order valence-electron chi connectivity index (χ1n) is 23.0. The van der Waals surface area contributed by atoms with Crippen molar-refractivity contribution in [1.29, 1.82) is 0 Å². The molecule has 2 aliphatic heterocycles. The molecule has 10 rings (SSSR count). The Labute approximate surface area is 393 Å². The maximum atomic E-state index is 15.0. The van der Waals surface area contributed by atoms with Crippen molar-refractivity contribution in [2.45, 2.75) is 65.0 Å². The number of piperidine rings is 2. The number of hydrogen-bond donors (Lipinski definition) is 2. The fourth-order valence-corrected chi connectivity index (χ4v) is 10.1. The van der Waals surface area contributed by atoms with E-state index in [2.05, 4.69) is 37.5 Å². The van der Waals surface area contributed by atoms with Crippen LogP contribution in [0.4, 0.5) is 12.0 Å². The number of anilines is 2. The fraction of sp³-hybridized carbons (Fsp3) is 0.308. The summed E-state index contributed by atoms with van der Waals surface area (Å²) in [7, 11) is 0. The highest BCUT2D eigenvalue weighted by atomic mass is 35.5. The molecule has 0 aliphatic carbocycles. The van der Waals surface area contributed by atoms with Gasteiger partial charge in [0.25, 0.3) is 23.8 Å². The molecule has 0 radical (unpaired) electrons. The van der Waals surface area contributed by atoms with Crippen LogP contribution in [-0.4, -0.2) is 89.8 Å². The smallest absolute Gasteiger partial charge is 0.295 e. The van der Waals surface area contributed by atoms with E-state index in [1.54, 1.807) is 42.9 Å². The van der Waals surface area contributed by atoms with Crippen molar-refractivity contribution in [3.05, 3.63) is 143 Å². The van der Waals surface area contributed by atoms with Crippen LogP contribution in [0.25, 0.3) is 45.0 Å². The zero-order chi connectivity index (χ0) is 46.0. The fourth-order valence-electron chi connectivity index (χ4n) is 9.95. The van der Waals surface area contributed by atoms with Crippen LogP contribution in [0.15, 0.2) is 118 Å². The first-order valence-corrected chi connectivity index (χ1v) is 23.4. The quantitative estimate of drug-likeness (QED) is 0.119. The number of fused-ring (bicyclic) bond motifs is 2. The molecule has 2 amide bonds. The van der Waals surface area contributed by atoms with Gasteiger partial charge in [0.05, 0.1) is 23.2 Å². The second-order valence-electron chi connectivity index (χ2n) is 17.7. The van der Waals surface area contributed by atoms with Gasteiger partial charge < -0.3 is 29.3 Å². The number of benzene rings is 4. The first-order chi connectivity index (χ1) is 32.7. The Morgan fingerprint density at radius 3 is 1.99 bits per heavy atom. The Hall–Kier alpha value is -7.19. The number of aryl methyl sites for hydroxylation is 2. The number of hydrogen-bond acceptors (Lipinski definition) is 12. The summed E-state index contributed by atoms with van der Waals surface area (Å²) in [6.07, 6.45) is 9.27. The lowest BCUT2D eigenvalue weighted by Crippen LogP contribution is -2.52. The lowest BCUT2D eigenvalue weighted by molar-refractivity contribution is 0.0516. The number of halogens is 1. The van der Waals surface area contributed by atoms with Gasteiger partial charge in [-0.1, -0.05) is 54.9 Å². The molecule has 4 unspecified atom stereocenters. The number of nitrogens with one attached hydrogen (secondary N) is 2. The number of aromatic nitrogens is 6. The van der Waals surface area contributed by atoms with E-state index >= 15 is 0 Å². The molecule has 4 atom stereocenters. The van der Waals surface area contributed by atoms with Crippen LogP contribution in [0.1, 0.15) is 70.1 Å². The second-order valence-corrected chi connectivity index (χ2v) is 18.1. The van der Waals surface area contributed by atoms with Gasteiger partial charge in [-0.15, -0.1) is 0 Å². The second kappa shape index (κ2) is 19.0. The standard InChI is InChI=1S/C52H51ClN10O4/c1-31-13-8-25-62(41(31)29-57-51-60-39-17-4-5-18-43(39)66-51)49(64)38-16-7-12-33(3)46(38)48-56-24-21-36(59-48)27-34-14-9-26-63(42(34)30-58-52-61-40-28-35(53)19-20-44(40)67-52)50(65)37-15-6-11-32(2)45(37)47-54-22-10-23-55-47/h4-7,10-12,15-24,28,31,34,41-42H,8-9,13-14,25-27,29-30H2,1-3H3,(H,57,60)(H,58,61). The minimum Gasteiger partial charge on any atom is -0.424 e. The third-order valence-electron chi connectivity index (χ3n) is 13.3. The largest absolute Gasteiger partial charge is 0.424 e. The zero-order valence-electron chi connectivity index (χ0n) is 37.7. The molecule has 15 heteroatoms. The Morgan fingerprint density at radius 2 is 1.27 bits per heavy atom. The van der Waals surface area contributed by atoms with E-state index in [4.69, 9.17) is 30.4 Å². The highest BCUT2D eigenvalue weighted by molar-refractivity contribution is 6.31. The lowest BCUT2D eigenvalue weighted by atomic mass is 9.84. The zero-order valence-corrected chi connectivity index (χ0v) is 38.4. The molecule has 14 nitrogen and oxygen atoms in total. The van der Waals surface area contributed by atoms with Crippen LogP contribution in [-0.2, 0) is 6.42 Å². The van der Waals surface area contributed by atoms with Crippen molar-refractivity contribution in [2.24, 2.45) is 11.8 Å². The van der Waals surface area contributed by atoms with Gasteiger partial charge >= 0.3 is 0 Å². The average Bonchev–Trinajstić information content (AvgIpc) is 3.96. The summed E-state index contributed by atoms with van der Waals surface area (Å²) >= 11 is 6.28. The molecule has 4 aromatic heterocycles. The van der Waals surface area contributed by atoms with Crippen molar-refractivity contribution < 1.29 is 18.4 Å². The number of oxazole rings is 2. The molecule has 8 aromatic rings. The molecule has 2 N–H and O–H groups in total. The Bertz CT molecular complexity index is 3050. The van der Waals surface area contributed by atoms with E-state index in [0.29, 0.717) is 100 Å². The van der Waals surface area contributed by atoms with Gasteiger partial charge in [-0.05, 0) is 124 Å². The van der Waals surface area contributed by atoms with Gasteiger partial charge in [-0.25, -0.2) is 19.9 Å². The first kappa shape index (κ1) is 43.7. The highest BCUT2D eigenvalue weighted by Crippen LogP contribution is 2.35. The minimum atomic E-state index is -0.291. The Balaban J connectivity index is 0.938. The summed E-state index contributed by atoms with van der Waals surface area (Å²) in [5, 5.41) is 7.39. The number of carbonyl (C=O) groups excluding carboxylic acids is 2. The third kappa shape index (κ3) is 9.05. The SMILES string of the molecule is Cc1cccc(C(=O)N2CCCC(C)C2CNc2nc3ccccc3o2)c1-c1nccc(CC2CCCN(C(=O)c3cccc(C)c3-c3ncccn3)C2CNc2nc3cc(Cl)ccc3o2)n1. The maximum Gasteiger partial charge on any atom is 0.295 e. The molecule has 4 aromatic carbocycles. The van der Waals surface area contributed by atoms with Gasteiger partial charge in [0.2, 0.25) is 0 Å². The van der Waals surface area contributed by atoms with E-state index in [0.717, 1.165) is 48.0 Å². The molecule has 67 heavy (non-hydrogen) atoms. The summed E-state index contributed by atoms with van der Waals surface area (Å²) in [5.74, 6) is 1.05. The Morgan fingerprint density at radius 1 is 0.657 bits per heavy atom. The van der Waals surface area contributed by atoms with Crippen LogP contribution < -0.4 is 10.6 Å². The summed E-state index contributed by atoms with van der Waals surface area (Å²) in [6, 6.07) is 28.7. The van der Waals surface area contributed by atoms with Crippen LogP contribution >= 0.6 is 11.6 Å². The topological polar surface area (TPSA) is 168 Å². The highest BCUT2D eigenvalue weighted by Gasteiger charge is 2.38. The van der Waals surface area contributed by atoms with E-state index in [1.807, 2.05) is 90.4 Å². The number of para-hydroxylation sites is 2. The van der Waals surface area contributed by atoms with Crippen LogP contribution in [0.5, 0.6) is 0 Å². The van der Waals surface area contributed by atoms with Crippen molar-refractivity contribution >= 4 is 57.6 Å². The molecule has 340 valence electrons. The molecule has 2 aliphatic rings. The van der Waals surface area contributed by atoms with E-state index in [1.165, 1.54) is 0 Å². The molecule has 2 fully saturated rings. The summed E-state index contributed by atoms with van der Waals surface area (Å²) in [4.78, 5) is 62.1. The summed E-state index contributed by atoms with van der Waals surface area (Å²) in [6.45, 7) is 8.22. The molecule has 2 saturated heterocycles. The Kier molecular flexibility index (Phi) is 12.4. The van der Waals surface area contributed by atoms with Gasteiger partial charge in [0.1, 0.15) is 11.0 Å². The molecule has 6 heterocycles. The van der Waals surface area contributed by atoms with Crippen LogP contribution in [0.3, 0.4) is 0 Å². The van der Waals surface area contributed by atoms with Gasteiger partial charge in [0.15, 0.2) is 22.8 Å². The van der Waals surface area contributed by atoms with Crippen LogP contribution in [0, 0.1) is 25.7 Å². The molecule has 0 saturated carbocycles. The number of amides is 2. The molecular formula is C52H51ClN10O4. The lowest BCUT2D eigenvalue weighted by Gasteiger charge is -2.42. The van der Waals surface area contributed by atoms with Gasteiger partial charge in [-0.2, -0.15) is 9.97 Å². The predicted molar refractivity (Wildman–Crippen MR) is 259 cm³/mol. The van der Waals surface area contributed by atoms with E-state index < -0.39 is 0 Å². The number of likely N-dealkylation sites (tertiary alicyclic amines) is 2. The summed E-state index contributed by atoms with van der Waals surface area (Å²) in [5.41, 5.74) is 7.90. The molecule has 0 bridgehead atoms. The molecule has 0 spiro atoms. The van der Waals surface area contributed by atoms with Gasteiger partial charge in [-0.3, -0.25) is 9.59 Å². The number of rotatable bonds is 12. The van der Waals surface area contributed by atoms with E-state index in [9.17, 15) is 9.59 Å². The van der Waals surface area contributed by atoms with Crippen molar-refractivity contribution in [2.75, 3.05) is 36.8 Å². The maximum absolute atomic E-state index is 15.0. The predicted octanol–water partition coefficient (Wildman–Crippen LogP) is 10.1. The van der Waals surface area contributed by atoms with Crippen LogP contribution in [0.2, 0.25) is 5.02 Å².